The van der Waals surface area contributed by atoms with Crippen LogP contribution in [-0.4, -0.2) is 28.8 Å². The highest BCUT2D eigenvalue weighted by Gasteiger charge is 2.45. The Hall–Kier alpha value is -2.14. The summed E-state index contributed by atoms with van der Waals surface area (Å²) in [6, 6.07) is 10.3. The first kappa shape index (κ1) is 15.4. The van der Waals surface area contributed by atoms with Gasteiger partial charge in [0, 0.05) is 18.2 Å². The van der Waals surface area contributed by atoms with Crippen LogP contribution in [0.3, 0.4) is 0 Å². The largest absolute Gasteiger partial charge is 0.370 e. The van der Waals surface area contributed by atoms with Crippen LogP contribution in [0, 0.1) is 5.41 Å². The third kappa shape index (κ3) is 3.08. The molecule has 1 atom stereocenters. The van der Waals surface area contributed by atoms with Gasteiger partial charge in [-0.2, -0.15) is 5.10 Å². The minimum atomic E-state index is -0.149. The Morgan fingerprint density at radius 1 is 1.38 bits per heavy atom. The predicted octanol–water partition coefficient (Wildman–Crippen LogP) is 2.46. The monoisotopic (exact) mass is 325 g/mol. The molecule has 0 radical (unpaired) electrons. The maximum atomic E-state index is 12.1. The van der Waals surface area contributed by atoms with Crippen LogP contribution in [0.4, 0.5) is 0 Å². The molecule has 0 saturated heterocycles. The van der Waals surface area contributed by atoms with E-state index in [9.17, 15) is 4.79 Å². The number of hydrogen-bond donors (Lipinski definition) is 1. The topological polar surface area (TPSA) is 56.1 Å². The smallest absolute Gasteiger partial charge is 0.226 e. The molecule has 0 spiro atoms. The van der Waals surface area contributed by atoms with Crippen molar-refractivity contribution in [2.45, 2.75) is 38.8 Å². The quantitative estimate of drug-likeness (QED) is 0.919. The molecule has 0 bridgehead atoms. The fourth-order valence-electron chi connectivity index (χ4n) is 3.15. The van der Waals surface area contributed by atoms with Gasteiger partial charge in [0.15, 0.2) is 0 Å². The summed E-state index contributed by atoms with van der Waals surface area (Å²) in [6.45, 7) is 3.96. The van der Waals surface area contributed by atoms with Crippen LogP contribution in [0.5, 0.6) is 0 Å². The van der Waals surface area contributed by atoms with Crippen LogP contribution in [0.15, 0.2) is 36.5 Å². The number of hydrogen-bond acceptors (Lipinski definition) is 3. The fourth-order valence-corrected chi connectivity index (χ4v) is 3.15. The molecule has 1 N–H and O–H groups in total. The number of fused-ring (bicyclic) bond motifs is 1. The van der Waals surface area contributed by atoms with E-state index < -0.39 is 0 Å². The summed E-state index contributed by atoms with van der Waals surface area (Å²) in [5.74, 6) is 0.141. The Kier molecular flexibility index (Phi) is 3.88. The second-order valence-corrected chi connectivity index (χ2v) is 7.10. The predicted molar refractivity (Wildman–Crippen MR) is 90.5 cm³/mol. The molecule has 1 aromatic carbocycles. The molecule has 1 aliphatic heterocycles. The molecule has 1 aromatic heterocycles. The number of nitrogens with zero attached hydrogens (tertiary/aromatic N) is 2. The van der Waals surface area contributed by atoms with E-state index in [0.717, 1.165) is 31.5 Å². The van der Waals surface area contributed by atoms with E-state index in [1.54, 1.807) is 0 Å². The molecule has 5 heteroatoms. The van der Waals surface area contributed by atoms with Crippen LogP contribution in [0.25, 0.3) is 0 Å². The van der Waals surface area contributed by atoms with Crippen molar-refractivity contribution in [1.29, 1.82) is 0 Å². The van der Waals surface area contributed by atoms with E-state index in [2.05, 4.69) is 23.6 Å². The van der Waals surface area contributed by atoms with Gasteiger partial charge in [-0.3, -0.25) is 9.48 Å². The van der Waals surface area contributed by atoms with Crippen LogP contribution < -0.4 is 5.32 Å². The van der Waals surface area contributed by atoms with Crippen molar-refractivity contribution in [1.82, 2.24) is 15.1 Å². The molecule has 1 saturated carbocycles. The summed E-state index contributed by atoms with van der Waals surface area (Å²) >= 11 is 0. The summed E-state index contributed by atoms with van der Waals surface area (Å²) in [5, 5.41) is 7.77. The van der Waals surface area contributed by atoms with Gasteiger partial charge in [-0.05, 0) is 30.4 Å². The Morgan fingerprint density at radius 2 is 2.17 bits per heavy atom. The summed E-state index contributed by atoms with van der Waals surface area (Å²) < 4.78 is 7.84. The molecule has 126 valence electrons. The minimum Gasteiger partial charge on any atom is -0.370 e. The number of carbonyl (C=O) groups excluding carboxylic acids is 1. The lowest BCUT2D eigenvalue weighted by atomic mass is 10.1. The fraction of sp³-hybridized carbons (Fsp3) is 0.474. The number of benzene rings is 1. The first-order valence-electron chi connectivity index (χ1n) is 8.64. The second kappa shape index (κ2) is 6.06. The molecule has 2 heterocycles. The number of nitrogens with one attached hydrogen (secondary N) is 1. The molecule has 5 nitrogen and oxygen atoms in total. The zero-order valence-corrected chi connectivity index (χ0v) is 14.0. The average Bonchev–Trinajstić information content (AvgIpc) is 3.21. The van der Waals surface area contributed by atoms with Gasteiger partial charge >= 0.3 is 0 Å². The van der Waals surface area contributed by atoms with Gasteiger partial charge in [0.05, 0.1) is 18.8 Å². The highest BCUT2D eigenvalue weighted by atomic mass is 16.5. The number of amides is 1. The standard InChI is InChI=1S/C19H23N3O2/c1-19(8-9-19)18(23)20-11-16-17-15(7-10-24-16)13-22(21-17)12-14-5-3-2-4-6-14/h2-6,13,16H,7-12H2,1H3,(H,20,23)/t16-/m0/s1. The first-order valence-corrected chi connectivity index (χ1v) is 8.64. The highest BCUT2D eigenvalue weighted by molar-refractivity contribution is 5.84. The van der Waals surface area contributed by atoms with Gasteiger partial charge in [-0.15, -0.1) is 0 Å². The molecule has 2 aliphatic rings. The van der Waals surface area contributed by atoms with Crippen LogP contribution >= 0.6 is 0 Å². The third-order valence-electron chi connectivity index (χ3n) is 5.05. The molecule has 1 amide bonds. The van der Waals surface area contributed by atoms with Gasteiger partial charge in [0.25, 0.3) is 0 Å². The van der Waals surface area contributed by atoms with E-state index in [1.165, 1.54) is 11.1 Å². The van der Waals surface area contributed by atoms with Crippen LogP contribution in [0.2, 0.25) is 0 Å². The lowest BCUT2D eigenvalue weighted by Gasteiger charge is -2.23. The minimum absolute atomic E-state index is 0.141. The molecule has 1 aliphatic carbocycles. The Labute approximate surface area is 142 Å². The maximum absolute atomic E-state index is 12.1. The summed E-state index contributed by atoms with van der Waals surface area (Å²) in [7, 11) is 0. The van der Waals surface area contributed by atoms with Gasteiger partial charge in [0.1, 0.15) is 6.10 Å². The van der Waals surface area contributed by atoms with Crippen LogP contribution in [-0.2, 0) is 22.5 Å². The molecular weight excluding hydrogens is 302 g/mol. The molecule has 24 heavy (non-hydrogen) atoms. The summed E-state index contributed by atoms with van der Waals surface area (Å²) in [4.78, 5) is 12.1. The van der Waals surface area contributed by atoms with Crippen molar-refractivity contribution in [2.75, 3.05) is 13.2 Å². The molecule has 4 rings (SSSR count). The number of carbonyl (C=O) groups is 1. The average molecular weight is 325 g/mol. The van der Waals surface area contributed by atoms with E-state index in [-0.39, 0.29) is 17.4 Å². The van der Waals surface area contributed by atoms with Crippen molar-refractivity contribution in [2.24, 2.45) is 5.41 Å². The van der Waals surface area contributed by atoms with Crippen LogP contribution in [0.1, 0.15) is 42.7 Å². The van der Waals surface area contributed by atoms with Crippen molar-refractivity contribution in [3.05, 3.63) is 53.3 Å². The Balaban J connectivity index is 1.45. The molecule has 2 aromatic rings. The number of aromatic nitrogens is 2. The van der Waals surface area contributed by atoms with Crippen molar-refractivity contribution < 1.29 is 9.53 Å². The highest BCUT2D eigenvalue weighted by Crippen LogP contribution is 2.45. The normalized spacial score (nSPS) is 21.1. The van der Waals surface area contributed by atoms with Crippen molar-refractivity contribution >= 4 is 5.91 Å². The van der Waals surface area contributed by atoms with Gasteiger partial charge < -0.3 is 10.1 Å². The summed E-state index contributed by atoms with van der Waals surface area (Å²) in [5.41, 5.74) is 3.28. The van der Waals surface area contributed by atoms with E-state index in [0.29, 0.717) is 13.2 Å². The third-order valence-corrected chi connectivity index (χ3v) is 5.05. The number of rotatable bonds is 5. The molecule has 0 unspecified atom stereocenters. The summed E-state index contributed by atoms with van der Waals surface area (Å²) in [6.07, 6.45) is 4.83. The lowest BCUT2D eigenvalue weighted by molar-refractivity contribution is -0.126. The van der Waals surface area contributed by atoms with Gasteiger partial charge in [0.2, 0.25) is 5.91 Å². The van der Waals surface area contributed by atoms with E-state index in [4.69, 9.17) is 9.84 Å². The van der Waals surface area contributed by atoms with Crippen molar-refractivity contribution in [3.8, 4) is 0 Å². The zero-order chi connectivity index (χ0) is 16.6. The molecule has 1 fully saturated rings. The van der Waals surface area contributed by atoms with Gasteiger partial charge in [-0.1, -0.05) is 37.3 Å². The second-order valence-electron chi connectivity index (χ2n) is 7.10. The van der Waals surface area contributed by atoms with E-state index in [1.807, 2.05) is 29.8 Å². The maximum Gasteiger partial charge on any atom is 0.226 e. The lowest BCUT2D eigenvalue weighted by Crippen LogP contribution is -2.35. The Bertz CT molecular complexity index is 734. The SMILES string of the molecule is CC1(C(=O)NC[C@@H]2OCCc3cn(Cc4ccccc4)nc32)CC1. The zero-order valence-electron chi connectivity index (χ0n) is 14.0. The van der Waals surface area contributed by atoms with E-state index >= 15 is 0 Å². The first-order chi connectivity index (χ1) is 11.6. The number of ether oxygens (including phenoxy) is 1. The van der Waals surface area contributed by atoms with Gasteiger partial charge in [-0.25, -0.2) is 0 Å². The molecular formula is C19H23N3O2. The van der Waals surface area contributed by atoms with Crippen molar-refractivity contribution in [3.63, 3.8) is 0 Å². The Morgan fingerprint density at radius 3 is 2.92 bits per heavy atom.